The van der Waals surface area contributed by atoms with Crippen molar-refractivity contribution in [3.63, 3.8) is 0 Å². The van der Waals surface area contributed by atoms with Crippen molar-refractivity contribution in [1.82, 2.24) is 20.1 Å². The molecule has 32 heavy (non-hydrogen) atoms. The Morgan fingerprint density at radius 1 is 1.19 bits per heavy atom. The lowest BCUT2D eigenvalue weighted by molar-refractivity contribution is -0.384. The molecule has 8 nitrogen and oxygen atoms in total. The number of carbonyl (C=O) groups is 1. The number of benzene rings is 2. The molecule has 0 radical (unpaired) electrons. The maximum atomic E-state index is 12.8. The quantitative estimate of drug-likeness (QED) is 0.257. The number of halogens is 1. The lowest BCUT2D eigenvalue weighted by Crippen LogP contribution is -2.34. The summed E-state index contributed by atoms with van der Waals surface area (Å²) >= 11 is 7.67. The second-order valence-electron chi connectivity index (χ2n) is 7.47. The van der Waals surface area contributed by atoms with Crippen molar-refractivity contribution in [1.29, 1.82) is 0 Å². The van der Waals surface area contributed by atoms with E-state index in [1.807, 2.05) is 25.3 Å². The molecule has 2 aromatic carbocycles. The molecule has 1 N–H and O–H groups in total. The zero-order valence-electron chi connectivity index (χ0n) is 18.0. The number of hydrogen-bond acceptors (Lipinski definition) is 6. The van der Waals surface area contributed by atoms with E-state index in [2.05, 4.69) is 15.5 Å². The zero-order chi connectivity index (χ0) is 23.3. The summed E-state index contributed by atoms with van der Waals surface area (Å²) in [5.74, 6) is 1.08. The summed E-state index contributed by atoms with van der Waals surface area (Å²) in [6.45, 7) is 6.65. The van der Waals surface area contributed by atoms with Gasteiger partial charge in [0.2, 0.25) is 0 Å². The molecule has 0 saturated heterocycles. The number of amides is 1. The first-order chi connectivity index (χ1) is 15.3. The predicted octanol–water partition coefficient (Wildman–Crippen LogP) is 5.28. The van der Waals surface area contributed by atoms with Crippen LogP contribution < -0.4 is 5.32 Å². The summed E-state index contributed by atoms with van der Waals surface area (Å²) < 4.78 is 1.98. The second-order valence-corrected chi connectivity index (χ2v) is 8.82. The highest BCUT2D eigenvalue weighted by Gasteiger charge is 2.26. The van der Waals surface area contributed by atoms with Gasteiger partial charge in [-0.2, -0.15) is 0 Å². The highest BCUT2D eigenvalue weighted by molar-refractivity contribution is 7.98. The summed E-state index contributed by atoms with van der Waals surface area (Å²) in [7, 11) is 0. The average Bonchev–Trinajstić information content (AvgIpc) is 3.18. The molecule has 1 heterocycles. The van der Waals surface area contributed by atoms with Gasteiger partial charge in [0.05, 0.1) is 21.6 Å². The molecule has 0 aliphatic rings. The summed E-state index contributed by atoms with van der Waals surface area (Å²) in [4.78, 5) is 23.2. The third-order valence-corrected chi connectivity index (χ3v) is 6.29. The van der Waals surface area contributed by atoms with Crippen molar-refractivity contribution < 1.29 is 9.72 Å². The van der Waals surface area contributed by atoms with Crippen molar-refractivity contribution in [2.45, 2.75) is 44.3 Å². The molecule has 0 aliphatic carbocycles. The summed E-state index contributed by atoms with van der Waals surface area (Å²) in [6.07, 6.45) is 0. The van der Waals surface area contributed by atoms with Gasteiger partial charge in [0.1, 0.15) is 0 Å². The van der Waals surface area contributed by atoms with E-state index in [-0.39, 0.29) is 23.6 Å². The summed E-state index contributed by atoms with van der Waals surface area (Å²) in [6, 6.07) is 13.0. The van der Waals surface area contributed by atoms with Crippen LogP contribution in [0.2, 0.25) is 5.02 Å². The predicted molar refractivity (Wildman–Crippen MR) is 125 cm³/mol. The van der Waals surface area contributed by atoms with Gasteiger partial charge in [0.25, 0.3) is 11.6 Å². The zero-order valence-corrected chi connectivity index (χ0v) is 19.6. The van der Waals surface area contributed by atoms with Crippen molar-refractivity contribution in [2.75, 3.05) is 0 Å². The number of non-ortho nitro benzene ring substituents is 1. The van der Waals surface area contributed by atoms with Gasteiger partial charge in [-0.05, 0) is 30.5 Å². The Morgan fingerprint density at radius 3 is 2.47 bits per heavy atom. The summed E-state index contributed by atoms with van der Waals surface area (Å²) in [5, 5.41) is 23.7. The fraction of sp³-hybridized carbons (Fsp3) is 0.318. The monoisotopic (exact) mass is 473 g/mol. The third kappa shape index (κ3) is 5.46. The molecular weight excluding hydrogens is 450 g/mol. The molecule has 0 bridgehead atoms. The first kappa shape index (κ1) is 23.7. The van der Waals surface area contributed by atoms with Crippen molar-refractivity contribution >= 4 is 35.0 Å². The van der Waals surface area contributed by atoms with Crippen molar-refractivity contribution in [3.05, 3.63) is 80.6 Å². The number of aromatic nitrogens is 3. The molecule has 3 rings (SSSR count). The third-order valence-electron chi connectivity index (χ3n) is 4.93. The van der Waals surface area contributed by atoms with E-state index in [1.54, 1.807) is 36.4 Å². The SMILES string of the molecule is CCn1c(SCc2ccc([N+](=O)[O-])cc2)nnc1C(NC(=O)c1ccccc1Cl)C(C)C. The molecule has 1 aromatic heterocycles. The fourth-order valence-electron chi connectivity index (χ4n) is 3.19. The smallest absolute Gasteiger partial charge is 0.269 e. The van der Waals surface area contributed by atoms with Crippen LogP contribution in [-0.2, 0) is 12.3 Å². The molecule has 0 saturated carbocycles. The minimum atomic E-state index is -0.417. The van der Waals surface area contributed by atoms with Crippen LogP contribution in [0.4, 0.5) is 5.69 Å². The van der Waals surface area contributed by atoms with Crippen molar-refractivity contribution in [2.24, 2.45) is 5.92 Å². The average molecular weight is 474 g/mol. The van der Waals surface area contributed by atoms with E-state index >= 15 is 0 Å². The fourth-order valence-corrected chi connectivity index (χ4v) is 4.38. The van der Waals surface area contributed by atoms with Crippen LogP contribution in [0.3, 0.4) is 0 Å². The highest BCUT2D eigenvalue weighted by atomic mass is 35.5. The van der Waals surface area contributed by atoms with Crippen LogP contribution >= 0.6 is 23.4 Å². The Hall–Kier alpha value is -2.91. The van der Waals surface area contributed by atoms with Gasteiger partial charge >= 0.3 is 0 Å². The van der Waals surface area contributed by atoms with Gasteiger partial charge in [-0.15, -0.1) is 10.2 Å². The Morgan fingerprint density at radius 2 is 1.88 bits per heavy atom. The van der Waals surface area contributed by atoms with Crippen LogP contribution in [0.15, 0.2) is 53.7 Å². The first-order valence-corrected chi connectivity index (χ1v) is 11.5. The van der Waals surface area contributed by atoms with Gasteiger partial charge in [-0.3, -0.25) is 14.9 Å². The molecule has 1 atom stereocenters. The number of carbonyl (C=O) groups excluding carboxylic acids is 1. The number of nitro groups is 1. The van der Waals surface area contributed by atoms with E-state index < -0.39 is 4.92 Å². The maximum absolute atomic E-state index is 12.8. The van der Waals surface area contributed by atoms with Crippen LogP contribution in [0.5, 0.6) is 0 Å². The number of rotatable bonds is 9. The molecule has 0 aliphatic heterocycles. The molecule has 1 unspecified atom stereocenters. The molecule has 3 aromatic rings. The van der Waals surface area contributed by atoms with Gasteiger partial charge in [-0.1, -0.05) is 61.5 Å². The molecule has 168 valence electrons. The minimum absolute atomic E-state index is 0.0618. The van der Waals surface area contributed by atoms with Gasteiger partial charge in [-0.25, -0.2) is 0 Å². The topological polar surface area (TPSA) is 103 Å². The molecule has 1 amide bonds. The Kier molecular flexibility index (Phi) is 7.87. The number of hydrogen-bond donors (Lipinski definition) is 1. The van der Waals surface area contributed by atoms with E-state index in [4.69, 9.17) is 11.6 Å². The number of nitrogens with one attached hydrogen (secondary N) is 1. The Balaban J connectivity index is 1.78. The van der Waals surface area contributed by atoms with Gasteiger partial charge in [0, 0.05) is 24.4 Å². The molecular formula is C22H24ClN5O3S. The van der Waals surface area contributed by atoms with Crippen LogP contribution in [0.25, 0.3) is 0 Å². The number of thioether (sulfide) groups is 1. The standard InChI is InChI=1S/C22H24ClN5O3S/c1-4-27-20(19(14(2)3)24-21(29)17-7-5-6-8-18(17)23)25-26-22(27)32-13-15-9-11-16(12-10-15)28(30)31/h5-12,14,19H,4,13H2,1-3H3,(H,24,29). The Labute approximate surface area is 195 Å². The maximum Gasteiger partial charge on any atom is 0.269 e. The van der Waals surface area contributed by atoms with E-state index in [0.29, 0.717) is 28.7 Å². The normalized spacial score (nSPS) is 12.0. The summed E-state index contributed by atoms with van der Waals surface area (Å²) in [5.41, 5.74) is 1.42. The lowest BCUT2D eigenvalue weighted by Gasteiger charge is -2.22. The van der Waals surface area contributed by atoms with Gasteiger partial charge in [0.15, 0.2) is 11.0 Å². The molecule has 0 spiro atoms. The van der Waals surface area contributed by atoms with Crippen LogP contribution in [0, 0.1) is 16.0 Å². The number of nitrogens with zero attached hydrogens (tertiary/aromatic N) is 4. The van der Waals surface area contributed by atoms with E-state index in [9.17, 15) is 14.9 Å². The van der Waals surface area contributed by atoms with E-state index in [0.717, 1.165) is 10.7 Å². The van der Waals surface area contributed by atoms with Crippen molar-refractivity contribution in [3.8, 4) is 0 Å². The number of nitro benzene ring substituents is 1. The first-order valence-electron chi connectivity index (χ1n) is 10.2. The van der Waals surface area contributed by atoms with Crippen LogP contribution in [0.1, 0.15) is 48.6 Å². The lowest BCUT2D eigenvalue weighted by atomic mass is 10.0. The highest BCUT2D eigenvalue weighted by Crippen LogP contribution is 2.28. The minimum Gasteiger partial charge on any atom is -0.342 e. The Bertz CT molecular complexity index is 1100. The van der Waals surface area contributed by atoms with Gasteiger partial charge < -0.3 is 9.88 Å². The van der Waals surface area contributed by atoms with E-state index in [1.165, 1.54) is 23.9 Å². The van der Waals surface area contributed by atoms with Crippen LogP contribution in [-0.4, -0.2) is 25.6 Å². The second kappa shape index (κ2) is 10.6. The largest absolute Gasteiger partial charge is 0.342 e. The molecule has 0 fully saturated rings. The molecule has 10 heteroatoms.